The van der Waals surface area contributed by atoms with Crippen LogP contribution < -0.4 is 4.74 Å². The molecule has 0 spiro atoms. The highest BCUT2D eigenvalue weighted by Gasteiger charge is 2.23. The summed E-state index contributed by atoms with van der Waals surface area (Å²) in [6.45, 7) is 6.46. The fourth-order valence-electron chi connectivity index (χ4n) is 2.78. The van der Waals surface area contributed by atoms with Crippen LogP contribution in [0.3, 0.4) is 0 Å². The van der Waals surface area contributed by atoms with E-state index in [1.807, 2.05) is 13.8 Å². The maximum atomic E-state index is 11.3. The largest absolute Gasteiger partial charge is 0.491 e. The van der Waals surface area contributed by atoms with E-state index in [0.29, 0.717) is 17.9 Å². The molecule has 1 fully saturated rings. The van der Waals surface area contributed by atoms with E-state index in [9.17, 15) is 9.90 Å². The van der Waals surface area contributed by atoms with Crippen LogP contribution in [-0.4, -0.2) is 67.6 Å². The minimum absolute atomic E-state index is 0.178. The summed E-state index contributed by atoms with van der Waals surface area (Å²) in [5.74, 6) is 0.229. The first kappa shape index (κ1) is 17.7. The van der Waals surface area contributed by atoms with Crippen molar-refractivity contribution < 1.29 is 24.1 Å². The zero-order chi connectivity index (χ0) is 16.8. The molecule has 0 unspecified atom stereocenters. The Hall–Kier alpha value is -1.63. The summed E-state index contributed by atoms with van der Waals surface area (Å²) in [6.07, 6.45) is -0.219. The quantitative estimate of drug-likeness (QED) is 0.797. The number of rotatable bonds is 6. The van der Waals surface area contributed by atoms with E-state index in [1.54, 1.807) is 24.3 Å². The Kier molecular flexibility index (Phi) is 6.38. The lowest BCUT2D eigenvalue weighted by atomic mass is 10.2. The number of methoxy groups -OCH3 is 1. The summed E-state index contributed by atoms with van der Waals surface area (Å²) in [7, 11) is 1.34. The van der Waals surface area contributed by atoms with E-state index < -0.39 is 6.10 Å². The number of hydrogen-bond acceptors (Lipinski definition) is 6. The molecule has 6 nitrogen and oxygen atoms in total. The molecule has 6 heteroatoms. The van der Waals surface area contributed by atoms with Gasteiger partial charge in [-0.05, 0) is 38.1 Å². The predicted octanol–water partition coefficient (Wildman–Crippen LogP) is 1.32. The van der Waals surface area contributed by atoms with Crippen molar-refractivity contribution in [2.75, 3.05) is 33.4 Å². The fraction of sp³-hybridized carbons (Fsp3) is 0.588. The van der Waals surface area contributed by atoms with Gasteiger partial charge in [-0.3, -0.25) is 4.90 Å². The molecular weight excluding hydrogens is 298 g/mol. The number of esters is 1. The van der Waals surface area contributed by atoms with Gasteiger partial charge in [0, 0.05) is 19.6 Å². The van der Waals surface area contributed by atoms with Crippen LogP contribution in [0.1, 0.15) is 24.2 Å². The van der Waals surface area contributed by atoms with Gasteiger partial charge in [0.25, 0.3) is 0 Å². The highest BCUT2D eigenvalue weighted by atomic mass is 16.5. The van der Waals surface area contributed by atoms with Crippen molar-refractivity contribution in [1.29, 1.82) is 0 Å². The molecule has 1 aromatic rings. The Morgan fingerprint density at radius 3 is 2.48 bits per heavy atom. The second-order valence-corrected chi connectivity index (χ2v) is 5.96. The first-order valence-corrected chi connectivity index (χ1v) is 7.85. The molecule has 0 radical (unpaired) electrons. The number of ether oxygens (including phenoxy) is 3. The lowest BCUT2D eigenvalue weighted by molar-refractivity contribution is -0.0786. The van der Waals surface area contributed by atoms with Crippen LogP contribution in [0.4, 0.5) is 0 Å². The van der Waals surface area contributed by atoms with Crippen LogP contribution in [0.25, 0.3) is 0 Å². The van der Waals surface area contributed by atoms with Gasteiger partial charge < -0.3 is 19.3 Å². The summed E-state index contributed by atoms with van der Waals surface area (Å²) < 4.78 is 15.9. The Balaban J connectivity index is 1.77. The highest BCUT2D eigenvalue weighted by molar-refractivity contribution is 5.89. The number of carbonyl (C=O) groups is 1. The van der Waals surface area contributed by atoms with Gasteiger partial charge in [0.05, 0.1) is 24.9 Å². The zero-order valence-corrected chi connectivity index (χ0v) is 13.9. The summed E-state index contributed by atoms with van der Waals surface area (Å²) in [5, 5.41) is 10.1. The average molecular weight is 323 g/mol. The molecule has 0 aliphatic carbocycles. The number of aliphatic hydroxyl groups excluding tert-OH is 1. The van der Waals surface area contributed by atoms with Crippen LogP contribution in [-0.2, 0) is 9.47 Å². The van der Waals surface area contributed by atoms with Crippen molar-refractivity contribution in [1.82, 2.24) is 4.90 Å². The fourth-order valence-corrected chi connectivity index (χ4v) is 2.78. The molecule has 1 N–H and O–H groups in total. The molecule has 2 rings (SSSR count). The standard InChI is InChI=1S/C17H25NO5/c1-12-8-18(9-13(2)23-12)10-15(19)11-22-16-6-4-14(5-7-16)17(20)21-3/h4-7,12-13,15,19H,8-11H2,1-3H3/t12-,13-,15+/m0/s1. The Labute approximate surface area is 136 Å². The van der Waals surface area contributed by atoms with E-state index in [2.05, 4.69) is 9.64 Å². The molecule has 0 saturated carbocycles. The van der Waals surface area contributed by atoms with Crippen LogP contribution >= 0.6 is 0 Å². The summed E-state index contributed by atoms with van der Waals surface area (Å²) >= 11 is 0. The third-order valence-corrected chi connectivity index (χ3v) is 3.68. The molecule has 0 amide bonds. The minimum Gasteiger partial charge on any atom is -0.491 e. The topological polar surface area (TPSA) is 68.2 Å². The summed E-state index contributed by atoms with van der Waals surface area (Å²) in [4.78, 5) is 13.5. The van der Waals surface area contributed by atoms with Crippen molar-refractivity contribution >= 4 is 5.97 Å². The number of morpholine rings is 1. The van der Waals surface area contributed by atoms with Crippen LogP contribution in [0.15, 0.2) is 24.3 Å². The van der Waals surface area contributed by atoms with Crippen molar-refractivity contribution in [3.8, 4) is 5.75 Å². The third kappa shape index (κ3) is 5.49. The van der Waals surface area contributed by atoms with E-state index in [1.165, 1.54) is 7.11 Å². The predicted molar refractivity (Wildman–Crippen MR) is 85.7 cm³/mol. The third-order valence-electron chi connectivity index (χ3n) is 3.68. The number of carbonyl (C=O) groups excluding carboxylic acids is 1. The number of hydrogen-bond donors (Lipinski definition) is 1. The molecule has 1 aliphatic rings. The Morgan fingerprint density at radius 1 is 1.30 bits per heavy atom. The number of benzene rings is 1. The molecule has 128 valence electrons. The van der Waals surface area contributed by atoms with Gasteiger partial charge in [-0.1, -0.05) is 0 Å². The summed E-state index contributed by atoms with van der Waals surface area (Å²) in [6, 6.07) is 6.66. The second kappa shape index (κ2) is 8.29. The summed E-state index contributed by atoms with van der Waals surface area (Å²) in [5.41, 5.74) is 0.469. The van der Waals surface area contributed by atoms with E-state index in [0.717, 1.165) is 13.1 Å². The molecule has 0 bridgehead atoms. The molecule has 23 heavy (non-hydrogen) atoms. The molecular formula is C17H25NO5. The smallest absolute Gasteiger partial charge is 0.337 e. The van der Waals surface area contributed by atoms with Gasteiger partial charge in [-0.25, -0.2) is 4.79 Å². The maximum absolute atomic E-state index is 11.3. The van der Waals surface area contributed by atoms with Crippen molar-refractivity contribution in [2.45, 2.75) is 32.2 Å². The lowest BCUT2D eigenvalue weighted by Crippen LogP contribution is -2.48. The van der Waals surface area contributed by atoms with Crippen LogP contribution in [0.5, 0.6) is 5.75 Å². The molecule has 1 heterocycles. The van der Waals surface area contributed by atoms with Gasteiger partial charge in [-0.2, -0.15) is 0 Å². The number of β-amino-alcohol motifs (C(OH)–C–C–N with tert-alkyl or cyclic N) is 1. The van der Waals surface area contributed by atoms with Gasteiger partial charge in [0.1, 0.15) is 18.5 Å². The molecule has 1 aliphatic heterocycles. The number of aliphatic hydroxyl groups is 1. The van der Waals surface area contributed by atoms with Crippen molar-refractivity contribution in [3.63, 3.8) is 0 Å². The van der Waals surface area contributed by atoms with E-state index >= 15 is 0 Å². The molecule has 1 saturated heterocycles. The van der Waals surface area contributed by atoms with E-state index in [-0.39, 0.29) is 24.8 Å². The average Bonchev–Trinajstić information content (AvgIpc) is 2.51. The van der Waals surface area contributed by atoms with Gasteiger partial charge in [-0.15, -0.1) is 0 Å². The monoisotopic (exact) mass is 323 g/mol. The highest BCUT2D eigenvalue weighted by Crippen LogP contribution is 2.14. The van der Waals surface area contributed by atoms with Gasteiger partial charge in [0.2, 0.25) is 0 Å². The van der Waals surface area contributed by atoms with Crippen molar-refractivity contribution in [3.05, 3.63) is 29.8 Å². The molecule has 3 atom stereocenters. The molecule has 1 aromatic carbocycles. The Morgan fingerprint density at radius 2 is 1.91 bits per heavy atom. The first-order valence-electron chi connectivity index (χ1n) is 7.85. The lowest BCUT2D eigenvalue weighted by Gasteiger charge is -2.36. The van der Waals surface area contributed by atoms with E-state index in [4.69, 9.17) is 9.47 Å². The number of nitrogens with zero attached hydrogens (tertiary/aromatic N) is 1. The normalized spacial score (nSPS) is 23.3. The zero-order valence-electron chi connectivity index (χ0n) is 13.9. The minimum atomic E-state index is -0.576. The van der Waals surface area contributed by atoms with Crippen molar-refractivity contribution in [2.24, 2.45) is 0 Å². The Bertz CT molecular complexity index is 494. The first-order chi connectivity index (χ1) is 11.0. The maximum Gasteiger partial charge on any atom is 0.337 e. The second-order valence-electron chi connectivity index (χ2n) is 5.96. The van der Waals surface area contributed by atoms with Gasteiger partial charge in [0.15, 0.2) is 0 Å². The SMILES string of the molecule is COC(=O)c1ccc(OC[C@H](O)CN2C[C@H](C)O[C@@H](C)C2)cc1. The van der Waals surface area contributed by atoms with Gasteiger partial charge >= 0.3 is 5.97 Å². The molecule has 0 aromatic heterocycles. The van der Waals surface area contributed by atoms with Crippen LogP contribution in [0, 0.1) is 0 Å². The van der Waals surface area contributed by atoms with Crippen LogP contribution in [0.2, 0.25) is 0 Å².